The second kappa shape index (κ2) is 7.87. The summed E-state index contributed by atoms with van der Waals surface area (Å²) in [6.07, 6.45) is 3.34. The zero-order valence-electron chi connectivity index (χ0n) is 13.4. The first kappa shape index (κ1) is 16.4. The molecule has 0 aliphatic rings. The maximum atomic E-state index is 11.9. The molecule has 0 spiro atoms. The SMILES string of the molecule is O=C(NCCn1nc(-c2ccncc2)ccc1=O)Nc1ccccc1. The van der Waals surface area contributed by atoms with Crippen molar-refractivity contribution in [3.63, 3.8) is 0 Å². The van der Waals surface area contributed by atoms with Crippen LogP contribution in [0.2, 0.25) is 0 Å². The van der Waals surface area contributed by atoms with Crippen LogP contribution >= 0.6 is 0 Å². The highest BCUT2D eigenvalue weighted by Gasteiger charge is 2.05. The summed E-state index contributed by atoms with van der Waals surface area (Å²) in [5, 5.41) is 9.75. The van der Waals surface area contributed by atoms with E-state index in [1.807, 2.05) is 30.3 Å². The summed E-state index contributed by atoms with van der Waals surface area (Å²) in [5.74, 6) is 0. The van der Waals surface area contributed by atoms with Crippen LogP contribution in [0.5, 0.6) is 0 Å². The largest absolute Gasteiger partial charge is 0.336 e. The molecule has 126 valence electrons. The molecule has 2 amide bonds. The van der Waals surface area contributed by atoms with Gasteiger partial charge in [-0.3, -0.25) is 9.78 Å². The number of carbonyl (C=O) groups excluding carboxylic acids is 1. The third kappa shape index (κ3) is 4.51. The Morgan fingerprint density at radius 1 is 1.00 bits per heavy atom. The third-order valence-corrected chi connectivity index (χ3v) is 3.48. The van der Waals surface area contributed by atoms with Crippen molar-refractivity contribution in [3.8, 4) is 11.3 Å². The molecule has 3 aromatic rings. The molecule has 2 aromatic heterocycles. The molecule has 0 saturated carbocycles. The quantitative estimate of drug-likeness (QED) is 0.747. The van der Waals surface area contributed by atoms with E-state index in [1.54, 1.807) is 30.6 Å². The lowest BCUT2D eigenvalue weighted by Crippen LogP contribution is -2.34. The molecule has 7 heteroatoms. The lowest BCUT2D eigenvalue weighted by atomic mass is 10.2. The minimum Gasteiger partial charge on any atom is -0.336 e. The molecule has 25 heavy (non-hydrogen) atoms. The number of rotatable bonds is 5. The van der Waals surface area contributed by atoms with Crippen molar-refractivity contribution in [2.24, 2.45) is 0 Å². The number of hydrogen-bond donors (Lipinski definition) is 2. The predicted molar refractivity (Wildman–Crippen MR) is 95.2 cm³/mol. The average molecular weight is 335 g/mol. The van der Waals surface area contributed by atoms with Crippen LogP contribution in [0.15, 0.2) is 71.8 Å². The molecule has 0 radical (unpaired) electrons. The van der Waals surface area contributed by atoms with E-state index in [9.17, 15) is 9.59 Å². The van der Waals surface area contributed by atoms with Crippen molar-refractivity contribution in [1.29, 1.82) is 0 Å². The first-order valence-electron chi connectivity index (χ1n) is 7.81. The Kier molecular flexibility index (Phi) is 5.16. The number of para-hydroxylation sites is 1. The maximum Gasteiger partial charge on any atom is 0.319 e. The van der Waals surface area contributed by atoms with E-state index >= 15 is 0 Å². The summed E-state index contributed by atoms with van der Waals surface area (Å²) in [4.78, 5) is 27.7. The smallest absolute Gasteiger partial charge is 0.319 e. The van der Waals surface area contributed by atoms with E-state index < -0.39 is 0 Å². The monoisotopic (exact) mass is 335 g/mol. The van der Waals surface area contributed by atoms with Gasteiger partial charge in [0, 0.05) is 36.3 Å². The van der Waals surface area contributed by atoms with Gasteiger partial charge < -0.3 is 10.6 Å². The van der Waals surface area contributed by atoms with Crippen LogP contribution in [0.4, 0.5) is 10.5 Å². The highest BCUT2D eigenvalue weighted by atomic mass is 16.2. The normalized spacial score (nSPS) is 10.2. The van der Waals surface area contributed by atoms with E-state index in [4.69, 9.17) is 0 Å². The minimum absolute atomic E-state index is 0.219. The summed E-state index contributed by atoms with van der Waals surface area (Å²) in [6, 6.07) is 15.6. The van der Waals surface area contributed by atoms with Crippen molar-refractivity contribution in [3.05, 3.63) is 77.3 Å². The van der Waals surface area contributed by atoms with Crippen LogP contribution in [0, 0.1) is 0 Å². The Hall–Kier alpha value is -3.48. The number of aromatic nitrogens is 3. The van der Waals surface area contributed by atoms with Crippen molar-refractivity contribution in [2.75, 3.05) is 11.9 Å². The van der Waals surface area contributed by atoms with Gasteiger partial charge in [0.05, 0.1) is 12.2 Å². The van der Waals surface area contributed by atoms with Crippen LogP contribution in [-0.4, -0.2) is 27.3 Å². The molecule has 0 aliphatic carbocycles. The molecule has 1 aromatic carbocycles. The Morgan fingerprint density at radius 2 is 1.76 bits per heavy atom. The molecule has 3 rings (SSSR count). The number of benzene rings is 1. The predicted octanol–water partition coefficient (Wildman–Crippen LogP) is 2.13. The summed E-state index contributed by atoms with van der Waals surface area (Å²) in [5.41, 5.74) is 2.03. The molecule has 0 fully saturated rings. The molecular weight excluding hydrogens is 318 g/mol. The molecule has 0 aliphatic heterocycles. The van der Waals surface area contributed by atoms with E-state index in [-0.39, 0.29) is 24.7 Å². The summed E-state index contributed by atoms with van der Waals surface area (Å²) in [6.45, 7) is 0.561. The Balaban J connectivity index is 1.59. The maximum absolute atomic E-state index is 11.9. The van der Waals surface area contributed by atoms with Crippen LogP contribution in [-0.2, 0) is 6.54 Å². The molecule has 0 saturated heterocycles. The zero-order valence-corrected chi connectivity index (χ0v) is 13.4. The molecule has 7 nitrogen and oxygen atoms in total. The number of anilines is 1. The highest BCUT2D eigenvalue weighted by Crippen LogP contribution is 2.12. The first-order chi connectivity index (χ1) is 12.2. The van der Waals surface area contributed by atoms with Gasteiger partial charge in [0.15, 0.2) is 0 Å². The van der Waals surface area contributed by atoms with Gasteiger partial charge in [-0.25, -0.2) is 9.48 Å². The van der Waals surface area contributed by atoms with Crippen molar-refractivity contribution in [1.82, 2.24) is 20.1 Å². The fourth-order valence-electron chi connectivity index (χ4n) is 2.26. The summed E-state index contributed by atoms with van der Waals surface area (Å²) < 4.78 is 1.33. The fraction of sp³-hybridized carbons (Fsp3) is 0.111. The average Bonchev–Trinajstić information content (AvgIpc) is 2.65. The second-order valence-electron chi connectivity index (χ2n) is 5.26. The first-order valence-corrected chi connectivity index (χ1v) is 7.81. The number of amides is 2. The van der Waals surface area contributed by atoms with Gasteiger partial charge in [-0.05, 0) is 30.3 Å². The molecule has 2 N–H and O–H groups in total. The van der Waals surface area contributed by atoms with E-state index in [0.717, 1.165) is 5.56 Å². The highest BCUT2D eigenvalue weighted by molar-refractivity contribution is 5.89. The topological polar surface area (TPSA) is 88.9 Å². The summed E-state index contributed by atoms with van der Waals surface area (Å²) >= 11 is 0. The van der Waals surface area contributed by atoms with Gasteiger partial charge in [0.2, 0.25) is 0 Å². The fourth-order valence-corrected chi connectivity index (χ4v) is 2.26. The molecule has 2 heterocycles. The number of nitrogens with zero attached hydrogens (tertiary/aromatic N) is 3. The second-order valence-corrected chi connectivity index (χ2v) is 5.26. The van der Waals surface area contributed by atoms with Gasteiger partial charge in [-0.1, -0.05) is 18.2 Å². The number of nitrogens with one attached hydrogen (secondary N) is 2. The minimum atomic E-state index is -0.329. The van der Waals surface area contributed by atoms with Crippen molar-refractivity contribution in [2.45, 2.75) is 6.54 Å². The molecular formula is C18H17N5O2. The van der Waals surface area contributed by atoms with E-state index in [1.165, 1.54) is 10.7 Å². The molecule has 0 bridgehead atoms. The van der Waals surface area contributed by atoms with E-state index in [2.05, 4.69) is 20.7 Å². The third-order valence-electron chi connectivity index (χ3n) is 3.48. The zero-order chi connectivity index (χ0) is 17.5. The van der Waals surface area contributed by atoms with Crippen LogP contribution in [0.1, 0.15) is 0 Å². The Bertz CT molecular complexity index is 894. The van der Waals surface area contributed by atoms with Gasteiger partial charge in [-0.2, -0.15) is 5.10 Å². The molecule has 0 unspecified atom stereocenters. The van der Waals surface area contributed by atoms with Gasteiger partial charge in [-0.15, -0.1) is 0 Å². The van der Waals surface area contributed by atoms with Gasteiger partial charge >= 0.3 is 6.03 Å². The number of pyridine rings is 1. The Morgan fingerprint density at radius 3 is 2.52 bits per heavy atom. The lowest BCUT2D eigenvalue weighted by Gasteiger charge is -2.09. The van der Waals surface area contributed by atoms with E-state index in [0.29, 0.717) is 11.4 Å². The number of hydrogen-bond acceptors (Lipinski definition) is 4. The van der Waals surface area contributed by atoms with Gasteiger partial charge in [0.1, 0.15) is 0 Å². The lowest BCUT2D eigenvalue weighted by molar-refractivity contribution is 0.251. The van der Waals surface area contributed by atoms with Crippen LogP contribution in [0.25, 0.3) is 11.3 Å². The Labute approximate surface area is 144 Å². The van der Waals surface area contributed by atoms with Crippen LogP contribution < -0.4 is 16.2 Å². The number of urea groups is 1. The van der Waals surface area contributed by atoms with Gasteiger partial charge in [0.25, 0.3) is 5.56 Å². The standard InChI is InChI=1S/C18H17N5O2/c24-17-7-6-16(14-8-10-19-11-9-14)22-23(17)13-12-20-18(25)21-15-4-2-1-3-5-15/h1-11H,12-13H2,(H2,20,21,25). The van der Waals surface area contributed by atoms with Crippen LogP contribution in [0.3, 0.4) is 0 Å². The summed E-state index contributed by atoms with van der Waals surface area (Å²) in [7, 11) is 0. The number of carbonyl (C=O) groups is 1. The molecule has 0 atom stereocenters. The van der Waals surface area contributed by atoms with Crippen molar-refractivity contribution >= 4 is 11.7 Å². The van der Waals surface area contributed by atoms with Crippen molar-refractivity contribution < 1.29 is 4.79 Å².